The average molecular weight is 273 g/mol. The third-order valence-corrected chi connectivity index (χ3v) is 4.01. The Labute approximate surface area is 115 Å². The second-order valence-electron chi connectivity index (χ2n) is 4.42. The molecular formula is C13H15N5S. The van der Waals surface area contributed by atoms with Gasteiger partial charge < -0.3 is 0 Å². The van der Waals surface area contributed by atoms with Crippen LogP contribution in [0, 0.1) is 0 Å². The maximum absolute atomic E-state index is 5.71. The van der Waals surface area contributed by atoms with Crippen LogP contribution >= 0.6 is 11.3 Å². The van der Waals surface area contributed by atoms with Gasteiger partial charge in [0.1, 0.15) is 0 Å². The monoisotopic (exact) mass is 273 g/mol. The second-order valence-corrected chi connectivity index (χ2v) is 5.39. The van der Waals surface area contributed by atoms with Crippen molar-refractivity contribution in [1.82, 2.24) is 20.2 Å². The lowest BCUT2D eigenvalue weighted by Gasteiger charge is -2.12. The Kier molecular flexibility index (Phi) is 3.29. The van der Waals surface area contributed by atoms with E-state index >= 15 is 0 Å². The smallest absolute Gasteiger partial charge is 0.0889 e. The Balaban J connectivity index is 2.01. The van der Waals surface area contributed by atoms with Crippen LogP contribution in [-0.4, -0.2) is 14.8 Å². The van der Waals surface area contributed by atoms with E-state index in [9.17, 15) is 0 Å². The van der Waals surface area contributed by atoms with E-state index in [1.165, 1.54) is 4.88 Å². The Morgan fingerprint density at radius 1 is 1.42 bits per heavy atom. The van der Waals surface area contributed by atoms with Crippen LogP contribution in [-0.2, 0) is 13.5 Å². The molecule has 1 aromatic carbocycles. The van der Waals surface area contributed by atoms with Crippen molar-refractivity contribution in [1.29, 1.82) is 0 Å². The standard InChI is InChI=1S/C13H15N5S/c1-18-12-5-3-2-4-10(12)13(17-18)11(16-14)6-9-7-15-8-19-9/h2-5,7-8,11,16H,6,14H2,1H3. The number of aromatic nitrogens is 3. The van der Waals surface area contributed by atoms with Gasteiger partial charge in [0.2, 0.25) is 0 Å². The van der Waals surface area contributed by atoms with Crippen molar-refractivity contribution in [3.05, 3.63) is 46.5 Å². The summed E-state index contributed by atoms with van der Waals surface area (Å²) in [4.78, 5) is 5.29. The van der Waals surface area contributed by atoms with Crippen molar-refractivity contribution < 1.29 is 0 Å². The van der Waals surface area contributed by atoms with Gasteiger partial charge in [0.25, 0.3) is 0 Å². The van der Waals surface area contributed by atoms with Gasteiger partial charge in [-0.1, -0.05) is 18.2 Å². The molecule has 1 unspecified atom stereocenters. The highest BCUT2D eigenvalue weighted by Crippen LogP contribution is 2.26. The van der Waals surface area contributed by atoms with Crippen molar-refractivity contribution in [3.8, 4) is 0 Å². The van der Waals surface area contributed by atoms with Crippen LogP contribution < -0.4 is 11.3 Å². The molecule has 0 aliphatic rings. The fourth-order valence-corrected chi connectivity index (χ4v) is 2.92. The number of hydrogen-bond donors (Lipinski definition) is 2. The summed E-state index contributed by atoms with van der Waals surface area (Å²) in [5.74, 6) is 5.71. The van der Waals surface area contributed by atoms with Crippen molar-refractivity contribution in [2.24, 2.45) is 12.9 Å². The summed E-state index contributed by atoms with van der Waals surface area (Å²) in [7, 11) is 1.95. The fourth-order valence-electron chi connectivity index (χ4n) is 2.28. The van der Waals surface area contributed by atoms with E-state index in [-0.39, 0.29) is 6.04 Å². The number of fused-ring (bicyclic) bond motifs is 1. The minimum absolute atomic E-state index is 0.00782. The van der Waals surface area contributed by atoms with Crippen molar-refractivity contribution in [2.45, 2.75) is 12.5 Å². The van der Waals surface area contributed by atoms with Gasteiger partial charge in [-0.05, 0) is 6.07 Å². The summed E-state index contributed by atoms with van der Waals surface area (Å²) >= 11 is 1.63. The Hall–Kier alpha value is -1.76. The molecule has 3 rings (SSSR count). The van der Waals surface area contributed by atoms with Gasteiger partial charge in [0.05, 0.1) is 22.8 Å². The summed E-state index contributed by atoms with van der Waals surface area (Å²) in [6, 6.07) is 8.17. The number of aryl methyl sites for hydroxylation is 1. The van der Waals surface area contributed by atoms with Gasteiger partial charge >= 0.3 is 0 Å². The molecule has 0 fully saturated rings. The predicted octanol–water partition coefficient (Wildman–Crippen LogP) is 1.78. The highest BCUT2D eigenvalue weighted by molar-refractivity contribution is 7.09. The van der Waals surface area contributed by atoms with Crippen LogP contribution in [0.15, 0.2) is 36.0 Å². The molecule has 0 saturated carbocycles. The Morgan fingerprint density at radius 3 is 3.00 bits per heavy atom. The lowest BCUT2D eigenvalue weighted by atomic mass is 10.1. The molecule has 0 aliphatic heterocycles. The normalized spacial score (nSPS) is 12.9. The van der Waals surface area contributed by atoms with E-state index in [4.69, 9.17) is 5.84 Å². The molecule has 1 atom stereocenters. The summed E-state index contributed by atoms with van der Waals surface area (Å²) in [5.41, 5.74) is 6.79. The summed E-state index contributed by atoms with van der Waals surface area (Å²) < 4.78 is 1.89. The SMILES string of the molecule is Cn1nc(C(Cc2cncs2)NN)c2ccccc21. The minimum Gasteiger partial charge on any atom is -0.271 e. The van der Waals surface area contributed by atoms with Gasteiger partial charge in [-0.3, -0.25) is 20.9 Å². The topological polar surface area (TPSA) is 68.8 Å². The van der Waals surface area contributed by atoms with Crippen molar-refractivity contribution in [2.75, 3.05) is 0 Å². The fraction of sp³-hybridized carbons (Fsp3) is 0.231. The predicted molar refractivity (Wildman–Crippen MR) is 76.6 cm³/mol. The first-order chi connectivity index (χ1) is 9.29. The second kappa shape index (κ2) is 5.08. The van der Waals surface area contributed by atoms with E-state index in [2.05, 4.69) is 27.6 Å². The number of benzene rings is 1. The van der Waals surface area contributed by atoms with E-state index < -0.39 is 0 Å². The first-order valence-electron chi connectivity index (χ1n) is 6.04. The third kappa shape index (κ3) is 2.25. The quantitative estimate of drug-likeness (QED) is 0.561. The summed E-state index contributed by atoms with van der Waals surface area (Å²) in [6.45, 7) is 0. The minimum atomic E-state index is -0.00782. The molecule has 2 aromatic heterocycles. The molecule has 0 aliphatic carbocycles. The zero-order chi connectivity index (χ0) is 13.2. The zero-order valence-corrected chi connectivity index (χ0v) is 11.4. The molecule has 0 spiro atoms. The van der Waals surface area contributed by atoms with E-state index in [0.717, 1.165) is 23.0 Å². The molecular weight excluding hydrogens is 258 g/mol. The molecule has 3 aromatic rings. The number of nitrogens with two attached hydrogens (primary N) is 1. The zero-order valence-electron chi connectivity index (χ0n) is 10.6. The molecule has 0 saturated heterocycles. The molecule has 2 heterocycles. The van der Waals surface area contributed by atoms with Gasteiger partial charge in [0, 0.05) is 29.9 Å². The summed E-state index contributed by atoms with van der Waals surface area (Å²) in [5, 5.41) is 5.74. The summed E-state index contributed by atoms with van der Waals surface area (Å²) in [6.07, 6.45) is 2.67. The van der Waals surface area contributed by atoms with Crippen molar-refractivity contribution >= 4 is 22.2 Å². The molecule has 3 N–H and O–H groups in total. The van der Waals surface area contributed by atoms with Crippen LogP contribution in [0.3, 0.4) is 0 Å². The number of hydrogen-bond acceptors (Lipinski definition) is 5. The van der Waals surface area contributed by atoms with Gasteiger partial charge in [-0.15, -0.1) is 11.3 Å². The average Bonchev–Trinajstić information content (AvgIpc) is 3.05. The lowest BCUT2D eigenvalue weighted by Crippen LogP contribution is -2.30. The number of nitrogens with one attached hydrogen (secondary N) is 1. The molecule has 0 amide bonds. The first-order valence-corrected chi connectivity index (χ1v) is 6.92. The number of thiazole rings is 1. The van der Waals surface area contributed by atoms with Gasteiger partial charge in [0.15, 0.2) is 0 Å². The number of nitrogens with zero attached hydrogens (tertiary/aromatic N) is 3. The third-order valence-electron chi connectivity index (χ3n) is 3.21. The van der Waals surface area contributed by atoms with E-state index in [0.29, 0.717) is 0 Å². The van der Waals surface area contributed by atoms with E-state index in [1.807, 2.05) is 35.6 Å². The van der Waals surface area contributed by atoms with Crippen LogP contribution in [0.2, 0.25) is 0 Å². The van der Waals surface area contributed by atoms with Gasteiger partial charge in [-0.25, -0.2) is 0 Å². The maximum atomic E-state index is 5.71. The molecule has 5 nitrogen and oxygen atoms in total. The molecule has 19 heavy (non-hydrogen) atoms. The molecule has 0 bridgehead atoms. The first kappa shape index (κ1) is 12.3. The molecule has 0 radical (unpaired) electrons. The number of rotatable bonds is 4. The largest absolute Gasteiger partial charge is 0.271 e. The van der Waals surface area contributed by atoms with Crippen LogP contribution in [0.5, 0.6) is 0 Å². The molecule has 98 valence electrons. The molecule has 6 heteroatoms. The van der Waals surface area contributed by atoms with Gasteiger partial charge in [-0.2, -0.15) is 5.10 Å². The van der Waals surface area contributed by atoms with Crippen molar-refractivity contribution in [3.63, 3.8) is 0 Å². The Morgan fingerprint density at radius 2 is 2.26 bits per heavy atom. The number of hydrazine groups is 1. The Bertz CT molecular complexity index is 673. The van der Waals surface area contributed by atoms with Crippen LogP contribution in [0.1, 0.15) is 16.6 Å². The van der Waals surface area contributed by atoms with E-state index in [1.54, 1.807) is 11.3 Å². The highest BCUT2D eigenvalue weighted by Gasteiger charge is 2.18. The van der Waals surface area contributed by atoms with Crippen LogP contribution in [0.25, 0.3) is 10.9 Å². The lowest BCUT2D eigenvalue weighted by molar-refractivity contribution is 0.535. The highest BCUT2D eigenvalue weighted by atomic mass is 32.1. The van der Waals surface area contributed by atoms with Crippen LogP contribution in [0.4, 0.5) is 0 Å². The maximum Gasteiger partial charge on any atom is 0.0889 e. The number of para-hydroxylation sites is 1.